The Labute approximate surface area is 119 Å². The van der Waals surface area contributed by atoms with E-state index in [1.165, 1.54) is 0 Å². The van der Waals surface area contributed by atoms with Gasteiger partial charge in [-0.15, -0.1) is 0 Å². The normalized spacial score (nSPS) is 11.9. The third-order valence-corrected chi connectivity index (χ3v) is 2.28. The summed E-state index contributed by atoms with van der Waals surface area (Å²) in [6.45, 7) is 5.70. The SMILES string of the molecule is COc1ccccc1NC(N)=NCC(=O)NC(C)(C)C. The monoisotopic (exact) mass is 278 g/mol. The summed E-state index contributed by atoms with van der Waals surface area (Å²) < 4.78 is 5.19. The number of nitrogens with zero attached hydrogens (tertiary/aromatic N) is 1. The maximum absolute atomic E-state index is 11.6. The van der Waals surface area contributed by atoms with E-state index >= 15 is 0 Å². The zero-order valence-electron chi connectivity index (χ0n) is 12.4. The van der Waals surface area contributed by atoms with Crippen LogP contribution < -0.4 is 21.1 Å². The number of para-hydroxylation sites is 2. The van der Waals surface area contributed by atoms with Crippen LogP contribution in [0.15, 0.2) is 29.3 Å². The molecule has 0 aliphatic rings. The van der Waals surface area contributed by atoms with Crippen molar-refractivity contribution in [1.82, 2.24) is 5.32 Å². The van der Waals surface area contributed by atoms with Crippen molar-refractivity contribution >= 4 is 17.6 Å². The number of carbonyl (C=O) groups is 1. The van der Waals surface area contributed by atoms with Crippen LogP contribution in [0.5, 0.6) is 5.75 Å². The number of hydrogen-bond acceptors (Lipinski definition) is 3. The van der Waals surface area contributed by atoms with Crippen molar-refractivity contribution in [3.8, 4) is 5.75 Å². The molecule has 0 saturated carbocycles. The fraction of sp³-hybridized carbons (Fsp3) is 0.429. The lowest BCUT2D eigenvalue weighted by atomic mass is 10.1. The van der Waals surface area contributed by atoms with E-state index < -0.39 is 0 Å². The molecule has 0 unspecified atom stereocenters. The highest BCUT2D eigenvalue weighted by Crippen LogP contribution is 2.22. The van der Waals surface area contributed by atoms with Gasteiger partial charge in [-0.2, -0.15) is 0 Å². The number of benzene rings is 1. The molecule has 6 nitrogen and oxygen atoms in total. The van der Waals surface area contributed by atoms with Gasteiger partial charge in [0.1, 0.15) is 12.3 Å². The van der Waals surface area contributed by atoms with Gasteiger partial charge < -0.3 is 21.1 Å². The molecule has 1 aromatic carbocycles. The maximum atomic E-state index is 11.6. The Morgan fingerprint density at radius 1 is 1.35 bits per heavy atom. The molecule has 0 bridgehead atoms. The summed E-state index contributed by atoms with van der Waals surface area (Å²) in [6, 6.07) is 7.33. The number of anilines is 1. The van der Waals surface area contributed by atoms with E-state index in [-0.39, 0.29) is 24.0 Å². The third-order valence-electron chi connectivity index (χ3n) is 2.28. The van der Waals surface area contributed by atoms with Crippen LogP contribution >= 0.6 is 0 Å². The van der Waals surface area contributed by atoms with E-state index in [1.807, 2.05) is 45.0 Å². The van der Waals surface area contributed by atoms with Crippen molar-refractivity contribution in [2.75, 3.05) is 19.0 Å². The molecule has 110 valence electrons. The van der Waals surface area contributed by atoms with Crippen molar-refractivity contribution in [1.29, 1.82) is 0 Å². The quantitative estimate of drug-likeness (QED) is 0.573. The molecule has 0 radical (unpaired) electrons. The summed E-state index contributed by atoms with van der Waals surface area (Å²) in [5.41, 5.74) is 6.17. The van der Waals surface area contributed by atoms with Crippen LogP contribution in [0.3, 0.4) is 0 Å². The molecule has 0 atom stereocenters. The maximum Gasteiger partial charge on any atom is 0.242 e. The highest BCUT2D eigenvalue weighted by Gasteiger charge is 2.13. The molecule has 0 aliphatic heterocycles. The summed E-state index contributed by atoms with van der Waals surface area (Å²) in [5.74, 6) is 0.644. The molecule has 0 aromatic heterocycles. The van der Waals surface area contributed by atoms with Crippen LogP contribution in [0, 0.1) is 0 Å². The van der Waals surface area contributed by atoms with E-state index in [9.17, 15) is 4.79 Å². The average molecular weight is 278 g/mol. The zero-order valence-corrected chi connectivity index (χ0v) is 12.4. The molecule has 1 amide bonds. The highest BCUT2D eigenvalue weighted by molar-refractivity contribution is 5.95. The minimum absolute atomic E-state index is 0.0226. The lowest BCUT2D eigenvalue weighted by Gasteiger charge is -2.19. The lowest BCUT2D eigenvalue weighted by Crippen LogP contribution is -2.42. The van der Waals surface area contributed by atoms with Gasteiger partial charge in [0.15, 0.2) is 5.96 Å². The standard InChI is InChI=1S/C14H22N4O2/c1-14(2,3)18-12(19)9-16-13(15)17-10-7-5-6-8-11(10)20-4/h5-8H,9H2,1-4H3,(H,18,19)(H3,15,16,17). The second-order valence-electron chi connectivity index (χ2n) is 5.32. The summed E-state index contributed by atoms with van der Waals surface area (Å²) in [4.78, 5) is 15.6. The van der Waals surface area contributed by atoms with Gasteiger partial charge in [0, 0.05) is 5.54 Å². The zero-order chi connectivity index (χ0) is 15.2. The van der Waals surface area contributed by atoms with Gasteiger partial charge in [0.25, 0.3) is 0 Å². The van der Waals surface area contributed by atoms with E-state index in [0.717, 1.165) is 0 Å². The number of methoxy groups -OCH3 is 1. The van der Waals surface area contributed by atoms with Gasteiger partial charge in [-0.3, -0.25) is 4.79 Å². The van der Waals surface area contributed by atoms with Crippen LogP contribution in [0.2, 0.25) is 0 Å². The number of aliphatic imine (C=N–C) groups is 1. The lowest BCUT2D eigenvalue weighted by molar-refractivity contribution is -0.121. The predicted octanol–water partition coefficient (Wildman–Crippen LogP) is 1.34. The number of amides is 1. The second kappa shape index (κ2) is 6.79. The van der Waals surface area contributed by atoms with Crippen LogP contribution in [-0.4, -0.2) is 31.1 Å². The van der Waals surface area contributed by atoms with Crippen molar-refractivity contribution in [3.05, 3.63) is 24.3 Å². The van der Waals surface area contributed by atoms with Crippen molar-refractivity contribution in [3.63, 3.8) is 0 Å². The first-order valence-corrected chi connectivity index (χ1v) is 6.33. The topological polar surface area (TPSA) is 88.7 Å². The molecule has 1 rings (SSSR count). The van der Waals surface area contributed by atoms with E-state index in [1.54, 1.807) is 7.11 Å². The Hall–Kier alpha value is -2.24. The van der Waals surface area contributed by atoms with Crippen molar-refractivity contribution in [2.45, 2.75) is 26.3 Å². The number of carbonyl (C=O) groups excluding carboxylic acids is 1. The number of hydrogen-bond donors (Lipinski definition) is 3. The third kappa shape index (κ3) is 5.60. The molecule has 1 aromatic rings. The van der Waals surface area contributed by atoms with Gasteiger partial charge in [-0.25, -0.2) is 4.99 Å². The summed E-state index contributed by atoms with van der Waals surface area (Å²) >= 11 is 0. The molecule has 6 heteroatoms. The molecule has 0 spiro atoms. The first kappa shape index (κ1) is 15.8. The summed E-state index contributed by atoms with van der Waals surface area (Å²) in [6.07, 6.45) is 0. The smallest absolute Gasteiger partial charge is 0.242 e. The Balaban J connectivity index is 2.60. The first-order valence-electron chi connectivity index (χ1n) is 6.33. The minimum atomic E-state index is -0.280. The molecule has 0 fully saturated rings. The van der Waals surface area contributed by atoms with Gasteiger partial charge in [0.05, 0.1) is 12.8 Å². The Morgan fingerprint density at radius 3 is 2.60 bits per heavy atom. The Bertz CT molecular complexity index is 492. The number of guanidine groups is 1. The van der Waals surface area contributed by atoms with E-state index in [2.05, 4.69) is 15.6 Å². The minimum Gasteiger partial charge on any atom is -0.495 e. The molecule has 0 heterocycles. The molecule has 0 aliphatic carbocycles. The van der Waals surface area contributed by atoms with Crippen molar-refractivity contribution < 1.29 is 9.53 Å². The van der Waals surface area contributed by atoms with Gasteiger partial charge in [-0.05, 0) is 32.9 Å². The molecule has 0 saturated heterocycles. The van der Waals surface area contributed by atoms with Crippen LogP contribution in [0.1, 0.15) is 20.8 Å². The first-order chi connectivity index (χ1) is 9.31. The Kier molecular flexibility index (Phi) is 5.37. The van der Waals surface area contributed by atoms with Gasteiger partial charge in [0.2, 0.25) is 5.91 Å². The largest absolute Gasteiger partial charge is 0.495 e. The predicted molar refractivity (Wildman–Crippen MR) is 81.0 cm³/mol. The van der Waals surface area contributed by atoms with Crippen LogP contribution in [-0.2, 0) is 4.79 Å². The average Bonchev–Trinajstić information content (AvgIpc) is 2.35. The fourth-order valence-electron chi connectivity index (χ4n) is 1.54. The highest BCUT2D eigenvalue weighted by atomic mass is 16.5. The summed E-state index contributed by atoms with van der Waals surface area (Å²) in [7, 11) is 1.57. The molecule has 4 N–H and O–H groups in total. The van der Waals surface area contributed by atoms with Crippen molar-refractivity contribution in [2.24, 2.45) is 10.7 Å². The number of rotatable bonds is 4. The summed E-state index contributed by atoms with van der Waals surface area (Å²) in [5, 5.41) is 5.71. The Morgan fingerprint density at radius 2 is 2.00 bits per heavy atom. The van der Waals surface area contributed by atoms with Gasteiger partial charge >= 0.3 is 0 Å². The molecule has 20 heavy (non-hydrogen) atoms. The van der Waals surface area contributed by atoms with Gasteiger partial charge in [-0.1, -0.05) is 12.1 Å². The van der Waals surface area contributed by atoms with Crippen LogP contribution in [0.4, 0.5) is 5.69 Å². The molecular formula is C14H22N4O2. The fourth-order valence-corrected chi connectivity index (χ4v) is 1.54. The number of ether oxygens (including phenoxy) is 1. The van der Waals surface area contributed by atoms with Crippen LogP contribution in [0.25, 0.3) is 0 Å². The number of nitrogens with two attached hydrogens (primary N) is 1. The van der Waals surface area contributed by atoms with E-state index in [0.29, 0.717) is 11.4 Å². The second-order valence-corrected chi connectivity index (χ2v) is 5.32. The van der Waals surface area contributed by atoms with E-state index in [4.69, 9.17) is 10.5 Å². The molecular weight excluding hydrogens is 256 g/mol. The number of nitrogens with one attached hydrogen (secondary N) is 2.